The SMILES string of the molecule is CC/C=C(/OCCCCCCO)c1ccc(-c2ccc(C3CCC3)cc2)cc1. The largest absolute Gasteiger partial charge is 0.493 e. The van der Waals surface area contributed by atoms with Gasteiger partial charge in [0.25, 0.3) is 0 Å². The highest BCUT2D eigenvalue weighted by Crippen LogP contribution is 2.37. The molecule has 0 aromatic heterocycles. The van der Waals surface area contributed by atoms with Gasteiger partial charge in [0, 0.05) is 12.2 Å². The minimum absolute atomic E-state index is 0.289. The van der Waals surface area contributed by atoms with Crippen molar-refractivity contribution >= 4 is 5.76 Å². The molecule has 0 radical (unpaired) electrons. The number of aliphatic hydroxyl groups is 1. The summed E-state index contributed by atoms with van der Waals surface area (Å²) in [6.45, 7) is 3.17. The van der Waals surface area contributed by atoms with E-state index in [9.17, 15) is 0 Å². The third kappa shape index (κ3) is 5.72. The fraction of sp³-hybridized carbons (Fsp3) is 0.462. The summed E-state index contributed by atoms with van der Waals surface area (Å²) in [6, 6.07) is 17.8. The van der Waals surface area contributed by atoms with E-state index >= 15 is 0 Å². The Labute approximate surface area is 170 Å². The number of unbranched alkanes of at least 4 members (excludes halogenated alkanes) is 3. The predicted octanol–water partition coefficient (Wildman–Crippen LogP) is 6.94. The molecule has 2 aromatic carbocycles. The van der Waals surface area contributed by atoms with Crippen LogP contribution in [0.2, 0.25) is 0 Å². The maximum absolute atomic E-state index is 8.85. The van der Waals surface area contributed by atoms with Crippen molar-refractivity contribution in [3.63, 3.8) is 0 Å². The van der Waals surface area contributed by atoms with Crippen molar-refractivity contribution in [1.82, 2.24) is 0 Å². The summed E-state index contributed by atoms with van der Waals surface area (Å²) in [4.78, 5) is 0. The summed E-state index contributed by atoms with van der Waals surface area (Å²) in [5.74, 6) is 1.77. The third-order valence-corrected chi connectivity index (χ3v) is 5.69. The van der Waals surface area contributed by atoms with Gasteiger partial charge < -0.3 is 9.84 Å². The topological polar surface area (TPSA) is 29.5 Å². The van der Waals surface area contributed by atoms with E-state index in [4.69, 9.17) is 9.84 Å². The van der Waals surface area contributed by atoms with Crippen molar-refractivity contribution in [3.05, 3.63) is 65.7 Å². The van der Waals surface area contributed by atoms with Crippen molar-refractivity contribution < 1.29 is 9.84 Å². The Bertz CT molecular complexity index is 724. The van der Waals surface area contributed by atoms with Crippen LogP contribution in [0.3, 0.4) is 0 Å². The number of rotatable bonds is 11. The van der Waals surface area contributed by atoms with Crippen molar-refractivity contribution in [2.24, 2.45) is 0 Å². The van der Waals surface area contributed by atoms with E-state index in [0.29, 0.717) is 0 Å². The Morgan fingerprint density at radius 1 is 0.929 bits per heavy atom. The molecule has 0 amide bonds. The number of allylic oxidation sites excluding steroid dienone is 1. The number of ether oxygens (including phenoxy) is 1. The molecule has 0 saturated heterocycles. The van der Waals surface area contributed by atoms with Gasteiger partial charge in [-0.15, -0.1) is 0 Å². The first-order valence-electron chi connectivity index (χ1n) is 11.0. The van der Waals surface area contributed by atoms with Crippen LogP contribution >= 0.6 is 0 Å². The van der Waals surface area contributed by atoms with E-state index in [1.54, 1.807) is 0 Å². The van der Waals surface area contributed by atoms with Crippen molar-refractivity contribution in [2.75, 3.05) is 13.2 Å². The second-order valence-electron chi connectivity index (χ2n) is 7.79. The fourth-order valence-corrected chi connectivity index (χ4v) is 3.71. The van der Waals surface area contributed by atoms with Gasteiger partial charge >= 0.3 is 0 Å². The standard InChI is InChI=1S/C26H34O2/c1-2-8-26(28-20-6-4-3-5-19-27)25-17-15-24(16-18-25)23-13-11-22(12-14-23)21-9-7-10-21/h8,11-18,21,27H,2-7,9-10,19-20H2,1H3/b26-8+. The summed E-state index contributed by atoms with van der Waals surface area (Å²) >= 11 is 0. The van der Waals surface area contributed by atoms with Crippen LogP contribution in [-0.4, -0.2) is 18.3 Å². The molecule has 28 heavy (non-hydrogen) atoms. The highest BCUT2D eigenvalue weighted by molar-refractivity contribution is 5.68. The quantitative estimate of drug-likeness (QED) is 0.339. The molecule has 1 aliphatic carbocycles. The maximum Gasteiger partial charge on any atom is 0.122 e. The van der Waals surface area contributed by atoms with Crippen molar-refractivity contribution in [1.29, 1.82) is 0 Å². The zero-order chi connectivity index (χ0) is 19.6. The second kappa shape index (κ2) is 11.1. The maximum atomic E-state index is 8.85. The molecule has 1 aliphatic rings. The van der Waals surface area contributed by atoms with Gasteiger partial charge in [0.2, 0.25) is 0 Å². The molecule has 0 heterocycles. The minimum atomic E-state index is 0.289. The molecule has 3 rings (SSSR count). The Hall–Kier alpha value is -2.06. The van der Waals surface area contributed by atoms with Gasteiger partial charge in [-0.1, -0.05) is 68.3 Å². The summed E-state index contributed by atoms with van der Waals surface area (Å²) in [6.07, 6.45) is 11.3. The molecule has 0 unspecified atom stereocenters. The smallest absolute Gasteiger partial charge is 0.122 e. The molecule has 0 bridgehead atoms. The molecule has 0 atom stereocenters. The molecule has 2 heteroatoms. The molecule has 1 saturated carbocycles. The molecular weight excluding hydrogens is 344 g/mol. The van der Waals surface area contributed by atoms with Gasteiger partial charge in [0.15, 0.2) is 0 Å². The predicted molar refractivity (Wildman–Crippen MR) is 118 cm³/mol. The second-order valence-corrected chi connectivity index (χ2v) is 7.79. The lowest BCUT2D eigenvalue weighted by atomic mass is 9.80. The lowest BCUT2D eigenvalue weighted by molar-refractivity contribution is 0.256. The average molecular weight is 379 g/mol. The monoisotopic (exact) mass is 378 g/mol. The Morgan fingerprint density at radius 3 is 2.14 bits per heavy atom. The van der Waals surface area contributed by atoms with Crippen LogP contribution < -0.4 is 0 Å². The van der Waals surface area contributed by atoms with Crippen molar-refractivity contribution in [2.45, 2.75) is 64.2 Å². The van der Waals surface area contributed by atoms with Crippen LogP contribution in [-0.2, 0) is 4.74 Å². The Balaban J connectivity index is 1.58. The van der Waals surface area contributed by atoms with Gasteiger partial charge in [0.1, 0.15) is 5.76 Å². The Morgan fingerprint density at radius 2 is 1.57 bits per heavy atom. The normalized spacial score (nSPS) is 14.7. The molecule has 0 aliphatic heterocycles. The zero-order valence-electron chi connectivity index (χ0n) is 17.2. The number of benzene rings is 2. The van der Waals surface area contributed by atoms with Crippen LogP contribution in [0, 0.1) is 0 Å². The van der Waals surface area contributed by atoms with Crippen LogP contribution in [0.5, 0.6) is 0 Å². The Kier molecular flexibility index (Phi) is 8.17. The van der Waals surface area contributed by atoms with E-state index in [1.165, 1.54) is 36.0 Å². The van der Waals surface area contributed by atoms with Gasteiger partial charge in [-0.05, 0) is 67.2 Å². The molecule has 2 aromatic rings. The number of aliphatic hydroxyl groups excluding tert-OH is 1. The molecule has 2 nitrogen and oxygen atoms in total. The van der Waals surface area contributed by atoms with E-state index in [1.807, 2.05) is 0 Å². The van der Waals surface area contributed by atoms with E-state index in [-0.39, 0.29) is 6.61 Å². The minimum Gasteiger partial charge on any atom is -0.493 e. The van der Waals surface area contributed by atoms with Crippen LogP contribution in [0.25, 0.3) is 16.9 Å². The van der Waals surface area contributed by atoms with Gasteiger partial charge in [-0.25, -0.2) is 0 Å². The lowest BCUT2D eigenvalue weighted by Crippen LogP contribution is -2.08. The van der Waals surface area contributed by atoms with Crippen LogP contribution in [0.15, 0.2) is 54.6 Å². The molecule has 0 spiro atoms. The first-order chi connectivity index (χ1) is 13.8. The zero-order valence-corrected chi connectivity index (χ0v) is 17.2. The van der Waals surface area contributed by atoms with Gasteiger partial charge in [-0.3, -0.25) is 0 Å². The molecular formula is C26H34O2. The van der Waals surface area contributed by atoms with E-state index in [2.05, 4.69) is 61.5 Å². The molecule has 1 N–H and O–H groups in total. The summed E-state index contributed by atoms with van der Waals surface area (Å²) in [5.41, 5.74) is 5.17. The molecule has 150 valence electrons. The van der Waals surface area contributed by atoms with Gasteiger partial charge in [-0.2, -0.15) is 0 Å². The number of hydrogen-bond donors (Lipinski definition) is 1. The molecule has 1 fully saturated rings. The third-order valence-electron chi connectivity index (χ3n) is 5.69. The van der Waals surface area contributed by atoms with E-state index in [0.717, 1.165) is 56.0 Å². The van der Waals surface area contributed by atoms with Crippen molar-refractivity contribution in [3.8, 4) is 11.1 Å². The van der Waals surface area contributed by atoms with Crippen LogP contribution in [0.4, 0.5) is 0 Å². The summed E-state index contributed by atoms with van der Waals surface area (Å²) < 4.78 is 6.05. The highest BCUT2D eigenvalue weighted by Gasteiger charge is 2.18. The van der Waals surface area contributed by atoms with E-state index < -0.39 is 0 Å². The van der Waals surface area contributed by atoms with Gasteiger partial charge in [0.05, 0.1) is 6.61 Å². The first-order valence-corrected chi connectivity index (χ1v) is 11.0. The number of hydrogen-bond acceptors (Lipinski definition) is 2. The average Bonchev–Trinajstić information content (AvgIpc) is 2.69. The van der Waals surface area contributed by atoms with Crippen LogP contribution in [0.1, 0.15) is 75.3 Å². The summed E-state index contributed by atoms with van der Waals surface area (Å²) in [7, 11) is 0. The first kappa shape index (κ1) is 20.7. The lowest BCUT2D eigenvalue weighted by Gasteiger charge is -2.25. The fourth-order valence-electron chi connectivity index (χ4n) is 3.71. The highest BCUT2D eigenvalue weighted by atomic mass is 16.5. The summed E-state index contributed by atoms with van der Waals surface area (Å²) in [5, 5.41) is 8.85.